The van der Waals surface area contributed by atoms with Crippen LogP contribution in [0.3, 0.4) is 0 Å². The largest absolute Gasteiger partial charge is 0.491 e. The molecule has 1 atom stereocenters. The molecular weight excluding hydrogens is 340 g/mol. The van der Waals surface area contributed by atoms with E-state index < -0.39 is 10.0 Å². The van der Waals surface area contributed by atoms with Crippen molar-refractivity contribution >= 4 is 21.6 Å². The van der Waals surface area contributed by atoms with Crippen molar-refractivity contribution in [3.63, 3.8) is 0 Å². The predicted octanol–water partition coefficient (Wildman–Crippen LogP) is 2.87. The third-order valence-electron chi connectivity index (χ3n) is 4.22. The Morgan fingerprint density at radius 1 is 1.28 bits per heavy atom. The van der Waals surface area contributed by atoms with Crippen LogP contribution >= 0.6 is 0 Å². The van der Waals surface area contributed by atoms with Crippen LogP contribution in [0.5, 0.6) is 5.75 Å². The van der Waals surface area contributed by atoms with Gasteiger partial charge >= 0.3 is 0 Å². The molecule has 1 saturated heterocycles. The van der Waals surface area contributed by atoms with Gasteiger partial charge in [0.25, 0.3) is 0 Å². The van der Waals surface area contributed by atoms with E-state index in [2.05, 4.69) is 5.32 Å². The molecule has 0 bridgehead atoms. The van der Waals surface area contributed by atoms with Gasteiger partial charge in [-0.15, -0.1) is 0 Å². The molecule has 6 nitrogen and oxygen atoms in total. The van der Waals surface area contributed by atoms with Gasteiger partial charge in [-0.05, 0) is 37.8 Å². The summed E-state index contributed by atoms with van der Waals surface area (Å²) in [7, 11) is -3.26. The Kier molecular flexibility index (Phi) is 7.25. The van der Waals surface area contributed by atoms with Gasteiger partial charge in [0.15, 0.2) is 0 Å². The SMILES string of the molecule is CCCOc1ccccc1NC(=O)[C@H]1CCCN(S(=O)(=O)CCC)C1. The lowest BCUT2D eigenvalue weighted by molar-refractivity contribution is -0.120. The van der Waals surface area contributed by atoms with E-state index in [1.807, 2.05) is 32.0 Å². The number of carbonyl (C=O) groups is 1. The van der Waals surface area contributed by atoms with Crippen molar-refractivity contribution < 1.29 is 17.9 Å². The number of anilines is 1. The van der Waals surface area contributed by atoms with Crippen LogP contribution in [-0.4, -0.2) is 44.1 Å². The quantitative estimate of drug-likeness (QED) is 0.765. The first-order chi connectivity index (χ1) is 12.0. The van der Waals surface area contributed by atoms with Crippen LogP contribution in [0.4, 0.5) is 5.69 Å². The maximum Gasteiger partial charge on any atom is 0.228 e. The highest BCUT2D eigenvalue weighted by molar-refractivity contribution is 7.89. The summed E-state index contributed by atoms with van der Waals surface area (Å²) in [6.45, 7) is 5.21. The van der Waals surface area contributed by atoms with Crippen LogP contribution in [0, 0.1) is 5.92 Å². The molecule has 0 aliphatic carbocycles. The van der Waals surface area contributed by atoms with Crippen molar-refractivity contribution in [1.82, 2.24) is 4.31 Å². The molecule has 25 heavy (non-hydrogen) atoms. The first-order valence-electron chi connectivity index (χ1n) is 8.98. The Morgan fingerprint density at radius 2 is 2.04 bits per heavy atom. The minimum Gasteiger partial charge on any atom is -0.491 e. The van der Waals surface area contributed by atoms with Crippen LogP contribution in [0.2, 0.25) is 0 Å². The second kappa shape index (κ2) is 9.20. The van der Waals surface area contributed by atoms with Gasteiger partial charge in [-0.1, -0.05) is 26.0 Å². The Morgan fingerprint density at radius 3 is 2.76 bits per heavy atom. The maximum atomic E-state index is 12.6. The van der Waals surface area contributed by atoms with E-state index in [4.69, 9.17) is 4.74 Å². The summed E-state index contributed by atoms with van der Waals surface area (Å²) in [5, 5.41) is 2.91. The van der Waals surface area contributed by atoms with E-state index in [9.17, 15) is 13.2 Å². The Labute approximate surface area is 150 Å². The summed E-state index contributed by atoms with van der Waals surface area (Å²) in [6.07, 6.45) is 2.87. The number of piperidine rings is 1. The summed E-state index contributed by atoms with van der Waals surface area (Å²) in [5.74, 6) is 0.294. The first-order valence-corrected chi connectivity index (χ1v) is 10.6. The van der Waals surface area contributed by atoms with Gasteiger partial charge in [-0.25, -0.2) is 12.7 Å². The van der Waals surface area contributed by atoms with Gasteiger partial charge in [0.05, 0.1) is 24.0 Å². The number of rotatable bonds is 8. The molecule has 1 fully saturated rings. The smallest absolute Gasteiger partial charge is 0.228 e. The third-order valence-corrected chi connectivity index (χ3v) is 6.26. The zero-order chi connectivity index (χ0) is 18.3. The zero-order valence-corrected chi connectivity index (χ0v) is 15.8. The lowest BCUT2D eigenvalue weighted by Gasteiger charge is -2.31. The van der Waals surface area contributed by atoms with Crippen molar-refractivity contribution in [1.29, 1.82) is 0 Å². The van der Waals surface area contributed by atoms with E-state index >= 15 is 0 Å². The number of nitrogens with one attached hydrogen (secondary N) is 1. The van der Waals surface area contributed by atoms with Gasteiger partial charge in [0.1, 0.15) is 5.75 Å². The molecule has 1 aliphatic rings. The summed E-state index contributed by atoms with van der Waals surface area (Å²) in [4.78, 5) is 12.6. The molecule has 1 aliphatic heterocycles. The molecule has 1 N–H and O–H groups in total. The summed E-state index contributed by atoms with van der Waals surface area (Å²) in [6, 6.07) is 7.33. The normalized spacial score (nSPS) is 18.7. The molecule has 0 aromatic heterocycles. The molecule has 1 aromatic rings. The van der Waals surface area contributed by atoms with Crippen molar-refractivity contribution in [2.75, 3.05) is 30.8 Å². The van der Waals surface area contributed by atoms with Crippen LogP contribution in [0.15, 0.2) is 24.3 Å². The summed E-state index contributed by atoms with van der Waals surface area (Å²) in [5.41, 5.74) is 0.634. The molecule has 2 rings (SSSR count). The molecule has 1 aromatic carbocycles. The van der Waals surface area contributed by atoms with E-state index in [1.54, 1.807) is 6.07 Å². The fourth-order valence-electron chi connectivity index (χ4n) is 2.94. The highest BCUT2D eigenvalue weighted by Crippen LogP contribution is 2.26. The number of nitrogens with zero attached hydrogens (tertiary/aromatic N) is 1. The highest BCUT2D eigenvalue weighted by atomic mass is 32.2. The molecule has 140 valence electrons. The molecule has 0 spiro atoms. The topological polar surface area (TPSA) is 75.7 Å². The number of hydrogen-bond acceptors (Lipinski definition) is 4. The number of sulfonamides is 1. The second-order valence-corrected chi connectivity index (χ2v) is 8.44. The molecule has 1 heterocycles. The zero-order valence-electron chi connectivity index (χ0n) is 15.0. The maximum absolute atomic E-state index is 12.6. The predicted molar refractivity (Wildman–Crippen MR) is 99.2 cm³/mol. The fraction of sp³-hybridized carbons (Fsp3) is 0.611. The Bertz CT molecular complexity index is 675. The number of ether oxygens (including phenoxy) is 1. The van der Waals surface area contributed by atoms with Gasteiger partial charge in [-0.3, -0.25) is 4.79 Å². The van der Waals surface area contributed by atoms with Crippen LogP contribution in [-0.2, 0) is 14.8 Å². The lowest BCUT2D eigenvalue weighted by Crippen LogP contribution is -2.44. The fourth-order valence-corrected chi connectivity index (χ4v) is 4.53. The molecule has 0 radical (unpaired) electrons. The standard InChI is InChI=1S/C18H28N2O4S/c1-3-12-24-17-10-6-5-9-16(17)19-18(21)15-8-7-11-20(14-15)25(22,23)13-4-2/h5-6,9-10,15H,3-4,7-8,11-14H2,1-2H3,(H,19,21)/t15-/m0/s1. The summed E-state index contributed by atoms with van der Waals surface area (Å²) < 4.78 is 31.6. The van der Waals surface area contributed by atoms with Gasteiger partial charge < -0.3 is 10.1 Å². The van der Waals surface area contributed by atoms with Crippen LogP contribution < -0.4 is 10.1 Å². The van der Waals surface area contributed by atoms with E-state index in [0.717, 1.165) is 6.42 Å². The molecule has 1 amide bonds. The Balaban J connectivity index is 2.03. The van der Waals surface area contributed by atoms with E-state index in [1.165, 1.54) is 4.31 Å². The number of amides is 1. The first kappa shape index (κ1) is 19.7. The molecule has 7 heteroatoms. The van der Waals surface area contributed by atoms with E-state index in [0.29, 0.717) is 43.9 Å². The number of para-hydroxylation sites is 2. The van der Waals surface area contributed by atoms with Gasteiger partial charge in [-0.2, -0.15) is 0 Å². The molecule has 0 saturated carbocycles. The number of hydrogen-bond donors (Lipinski definition) is 1. The molecule has 0 unspecified atom stereocenters. The average Bonchev–Trinajstić information content (AvgIpc) is 2.61. The minimum absolute atomic E-state index is 0.134. The lowest BCUT2D eigenvalue weighted by atomic mass is 9.98. The van der Waals surface area contributed by atoms with Crippen molar-refractivity contribution in [2.45, 2.75) is 39.5 Å². The Hall–Kier alpha value is -1.60. The number of carbonyl (C=O) groups excluding carboxylic acids is 1. The highest BCUT2D eigenvalue weighted by Gasteiger charge is 2.32. The second-order valence-electron chi connectivity index (χ2n) is 6.35. The van der Waals surface area contributed by atoms with Gasteiger partial charge in [0, 0.05) is 13.1 Å². The van der Waals surface area contributed by atoms with Crippen LogP contribution in [0.25, 0.3) is 0 Å². The van der Waals surface area contributed by atoms with Crippen LogP contribution in [0.1, 0.15) is 39.5 Å². The molecular formula is C18H28N2O4S. The average molecular weight is 368 g/mol. The van der Waals surface area contributed by atoms with Crippen molar-refractivity contribution in [3.8, 4) is 5.75 Å². The van der Waals surface area contributed by atoms with Gasteiger partial charge in [0.2, 0.25) is 15.9 Å². The number of benzene rings is 1. The van der Waals surface area contributed by atoms with Crippen molar-refractivity contribution in [3.05, 3.63) is 24.3 Å². The third kappa shape index (κ3) is 5.44. The summed E-state index contributed by atoms with van der Waals surface area (Å²) >= 11 is 0. The monoisotopic (exact) mass is 368 g/mol. The van der Waals surface area contributed by atoms with E-state index in [-0.39, 0.29) is 24.1 Å². The van der Waals surface area contributed by atoms with Crippen molar-refractivity contribution in [2.24, 2.45) is 5.92 Å². The minimum atomic E-state index is -3.26.